The SMILES string of the molecule is O=C(CCN1C(=O)/C(=C2\SC(=S)N(CCC(=O)N3CCC(Cc4ccccc4)CC3)C2=O)SC1=S)N1CCC(Cc2ccccc2)CC1. The van der Waals surface area contributed by atoms with Crippen LogP contribution in [0.4, 0.5) is 0 Å². The summed E-state index contributed by atoms with van der Waals surface area (Å²) in [6.07, 6.45) is 6.24. The molecule has 4 heterocycles. The lowest BCUT2D eigenvalue weighted by Crippen LogP contribution is -2.41. The maximum Gasteiger partial charge on any atom is 0.267 e. The minimum Gasteiger partial charge on any atom is -0.343 e. The van der Waals surface area contributed by atoms with Gasteiger partial charge in [0, 0.05) is 52.1 Å². The van der Waals surface area contributed by atoms with Gasteiger partial charge in [-0.2, -0.15) is 0 Å². The van der Waals surface area contributed by atoms with Gasteiger partial charge >= 0.3 is 0 Å². The summed E-state index contributed by atoms with van der Waals surface area (Å²) in [6.45, 7) is 3.21. The smallest absolute Gasteiger partial charge is 0.267 e. The number of likely N-dealkylation sites (tertiary alicyclic amines) is 2. The van der Waals surface area contributed by atoms with Crippen LogP contribution in [0.15, 0.2) is 70.5 Å². The van der Waals surface area contributed by atoms with E-state index in [2.05, 4.69) is 48.5 Å². The Morgan fingerprint density at radius 3 is 1.31 bits per heavy atom. The first-order valence-electron chi connectivity index (χ1n) is 16.7. The number of hydrogen-bond donors (Lipinski definition) is 0. The third-order valence-corrected chi connectivity index (χ3v) is 12.7. The van der Waals surface area contributed by atoms with Crippen molar-refractivity contribution in [2.45, 2.75) is 51.4 Å². The van der Waals surface area contributed by atoms with Crippen molar-refractivity contribution in [3.63, 3.8) is 0 Å². The second kappa shape index (κ2) is 16.1. The Bertz CT molecular complexity index is 1470. The van der Waals surface area contributed by atoms with Crippen molar-refractivity contribution in [3.8, 4) is 0 Å². The van der Waals surface area contributed by atoms with Crippen molar-refractivity contribution < 1.29 is 19.2 Å². The number of carbonyl (C=O) groups excluding carboxylic acids is 4. The second-order valence-electron chi connectivity index (χ2n) is 12.8. The first kappa shape index (κ1) is 34.8. The molecule has 4 aliphatic heterocycles. The number of thioether (sulfide) groups is 2. The number of hydrogen-bond acceptors (Lipinski definition) is 8. The van der Waals surface area contributed by atoms with Gasteiger partial charge in [-0.05, 0) is 61.5 Å². The van der Waals surface area contributed by atoms with Crippen LogP contribution < -0.4 is 0 Å². The van der Waals surface area contributed by atoms with Gasteiger partial charge in [-0.3, -0.25) is 29.0 Å². The van der Waals surface area contributed by atoms with Gasteiger partial charge in [-0.1, -0.05) is 109 Å². The molecule has 0 aliphatic carbocycles. The van der Waals surface area contributed by atoms with Crippen molar-refractivity contribution in [1.29, 1.82) is 0 Å². The Labute approximate surface area is 301 Å². The summed E-state index contributed by atoms with van der Waals surface area (Å²) in [6, 6.07) is 20.9. The summed E-state index contributed by atoms with van der Waals surface area (Å²) in [7, 11) is 0. The molecule has 12 heteroatoms. The Morgan fingerprint density at radius 2 is 0.958 bits per heavy atom. The van der Waals surface area contributed by atoms with E-state index in [-0.39, 0.29) is 59.4 Å². The molecular weight excluding hydrogens is 681 g/mol. The van der Waals surface area contributed by atoms with Gasteiger partial charge in [0.05, 0.1) is 9.81 Å². The van der Waals surface area contributed by atoms with E-state index in [0.717, 1.165) is 62.0 Å². The van der Waals surface area contributed by atoms with E-state index < -0.39 is 0 Å². The zero-order valence-electron chi connectivity index (χ0n) is 26.9. The van der Waals surface area contributed by atoms with Gasteiger partial charge in [0.15, 0.2) is 0 Å². The van der Waals surface area contributed by atoms with E-state index in [4.69, 9.17) is 24.4 Å². The minimum absolute atomic E-state index is 0.0126. The topological polar surface area (TPSA) is 81.2 Å². The molecule has 4 aliphatic rings. The molecular formula is C36H40N4O4S4. The number of piperidine rings is 2. The van der Waals surface area contributed by atoms with Crippen LogP contribution in [0.5, 0.6) is 0 Å². The summed E-state index contributed by atoms with van der Waals surface area (Å²) in [5, 5.41) is 0. The Morgan fingerprint density at radius 1 is 0.604 bits per heavy atom. The fourth-order valence-corrected chi connectivity index (χ4v) is 9.63. The predicted octanol–water partition coefficient (Wildman–Crippen LogP) is 5.66. The van der Waals surface area contributed by atoms with Gasteiger partial charge < -0.3 is 9.80 Å². The third kappa shape index (κ3) is 8.38. The normalized spacial score (nSPS) is 21.2. The molecule has 2 aromatic rings. The first-order chi connectivity index (χ1) is 23.3. The van der Waals surface area contributed by atoms with Crippen molar-refractivity contribution in [2.24, 2.45) is 11.8 Å². The average molecular weight is 721 g/mol. The van der Waals surface area contributed by atoms with Crippen LogP contribution in [-0.2, 0) is 32.0 Å². The summed E-state index contributed by atoms with van der Waals surface area (Å²) >= 11 is 13.2. The fraction of sp³-hybridized carbons (Fsp3) is 0.444. The van der Waals surface area contributed by atoms with E-state index in [0.29, 0.717) is 46.7 Å². The van der Waals surface area contributed by atoms with Crippen molar-refractivity contribution in [3.05, 3.63) is 81.6 Å². The summed E-state index contributed by atoms with van der Waals surface area (Å²) in [4.78, 5) is 60.1. The van der Waals surface area contributed by atoms with E-state index in [1.165, 1.54) is 20.9 Å². The number of carbonyl (C=O) groups is 4. The highest BCUT2D eigenvalue weighted by molar-refractivity contribution is 8.29. The third-order valence-electron chi connectivity index (χ3n) is 9.67. The molecule has 4 saturated heterocycles. The highest BCUT2D eigenvalue weighted by Crippen LogP contribution is 2.42. The molecule has 6 rings (SSSR count). The van der Waals surface area contributed by atoms with Crippen LogP contribution in [0, 0.1) is 11.8 Å². The van der Waals surface area contributed by atoms with Crippen LogP contribution in [0.25, 0.3) is 0 Å². The van der Waals surface area contributed by atoms with E-state index >= 15 is 0 Å². The van der Waals surface area contributed by atoms with Crippen LogP contribution in [0.2, 0.25) is 0 Å². The van der Waals surface area contributed by atoms with Crippen molar-refractivity contribution >= 4 is 80.2 Å². The van der Waals surface area contributed by atoms with Crippen LogP contribution >= 0.6 is 48.0 Å². The van der Waals surface area contributed by atoms with Crippen molar-refractivity contribution in [1.82, 2.24) is 19.6 Å². The highest BCUT2D eigenvalue weighted by atomic mass is 32.2. The second-order valence-corrected chi connectivity index (χ2v) is 16.1. The molecule has 0 aromatic heterocycles. The Hall–Kier alpha value is -3.06. The lowest BCUT2D eigenvalue weighted by atomic mass is 9.90. The minimum atomic E-state index is -0.366. The molecule has 8 nitrogen and oxygen atoms in total. The number of benzene rings is 2. The zero-order valence-corrected chi connectivity index (χ0v) is 30.1. The maximum absolute atomic E-state index is 13.4. The molecule has 4 fully saturated rings. The standard InChI is InChI=1S/C36H40N4O4S4/c41-29(37-17-11-27(12-18-37)23-25-7-3-1-4-8-25)15-21-39-33(43)31(47-35(39)45)32-34(44)40(36(46)48-32)22-16-30(42)38-19-13-28(14-20-38)24-26-9-5-2-6-10-26/h1-10,27-28H,11-24H2/b32-31+. The zero-order chi connectivity index (χ0) is 33.6. The quantitative estimate of drug-likeness (QED) is 0.230. The van der Waals surface area contributed by atoms with Gasteiger partial charge in [0.2, 0.25) is 11.8 Å². The lowest BCUT2D eigenvalue weighted by molar-refractivity contribution is -0.134. The molecule has 0 radical (unpaired) electrons. The number of rotatable bonds is 10. The molecule has 0 N–H and O–H groups in total. The summed E-state index contributed by atoms with van der Waals surface area (Å²) in [5.41, 5.74) is 2.65. The maximum atomic E-state index is 13.4. The summed E-state index contributed by atoms with van der Waals surface area (Å²) < 4.78 is 0.668. The lowest BCUT2D eigenvalue weighted by Gasteiger charge is -2.32. The highest BCUT2D eigenvalue weighted by Gasteiger charge is 2.42. The van der Waals surface area contributed by atoms with Gasteiger partial charge in [0.1, 0.15) is 8.64 Å². The molecule has 0 saturated carbocycles. The van der Waals surface area contributed by atoms with E-state index in [1.807, 2.05) is 21.9 Å². The molecule has 0 atom stereocenters. The fourth-order valence-electron chi connectivity index (χ4n) is 6.85. The Balaban J connectivity index is 0.955. The Kier molecular flexibility index (Phi) is 11.7. The number of nitrogens with zero attached hydrogens (tertiary/aromatic N) is 4. The van der Waals surface area contributed by atoms with Crippen LogP contribution in [0.3, 0.4) is 0 Å². The van der Waals surface area contributed by atoms with Gasteiger partial charge in [-0.15, -0.1) is 0 Å². The predicted molar refractivity (Wildman–Crippen MR) is 199 cm³/mol. The number of thiocarbonyl (C=S) groups is 2. The monoisotopic (exact) mass is 720 g/mol. The number of amides is 4. The first-order valence-corrected chi connectivity index (χ1v) is 19.2. The largest absolute Gasteiger partial charge is 0.343 e. The molecule has 0 spiro atoms. The average Bonchev–Trinajstić information content (AvgIpc) is 3.55. The molecule has 0 unspecified atom stereocenters. The van der Waals surface area contributed by atoms with E-state index in [9.17, 15) is 19.2 Å². The van der Waals surface area contributed by atoms with Gasteiger partial charge in [0.25, 0.3) is 11.8 Å². The van der Waals surface area contributed by atoms with Crippen LogP contribution in [-0.4, -0.2) is 91.1 Å². The molecule has 2 aromatic carbocycles. The van der Waals surface area contributed by atoms with Crippen molar-refractivity contribution in [2.75, 3.05) is 39.3 Å². The van der Waals surface area contributed by atoms with Crippen LogP contribution in [0.1, 0.15) is 49.7 Å². The molecule has 4 amide bonds. The molecule has 48 heavy (non-hydrogen) atoms. The molecule has 252 valence electrons. The van der Waals surface area contributed by atoms with Gasteiger partial charge in [-0.25, -0.2) is 0 Å². The summed E-state index contributed by atoms with van der Waals surface area (Å²) in [5.74, 6) is 0.409. The molecule has 0 bridgehead atoms. The van der Waals surface area contributed by atoms with E-state index in [1.54, 1.807) is 0 Å².